The average Bonchev–Trinajstić information content (AvgIpc) is 3.26. The lowest BCUT2D eigenvalue weighted by Crippen LogP contribution is -2.33. The molecule has 0 amide bonds. The zero-order chi connectivity index (χ0) is 27.5. The Hall–Kier alpha value is -4.30. The highest BCUT2D eigenvalue weighted by Gasteiger charge is 2.43. The molecular weight excluding hydrogens is 484 g/mol. The molecule has 6 aromatic rings. The first-order valence-electron chi connectivity index (χ1n) is 14.5. The van der Waals surface area contributed by atoms with Crippen LogP contribution in [0.25, 0.3) is 43.4 Å². The van der Waals surface area contributed by atoms with Crippen LogP contribution < -0.4 is 4.90 Å². The van der Waals surface area contributed by atoms with E-state index >= 15 is 0 Å². The van der Waals surface area contributed by atoms with Gasteiger partial charge in [-0.3, -0.25) is 0 Å². The fourth-order valence-electron chi connectivity index (χ4n) is 7.74. The van der Waals surface area contributed by atoms with Gasteiger partial charge in [0.1, 0.15) is 6.17 Å². The van der Waals surface area contributed by atoms with Crippen LogP contribution in [0.2, 0.25) is 0 Å². The van der Waals surface area contributed by atoms with Crippen molar-refractivity contribution < 1.29 is 0 Å². The summed E-state index contributed by atoms with van der Waals surface area (Å²) in [5.74, 6) is 0. The Bertz CT molecular complexity index is 2140. The smallest absolute Gasteiger partial charge is 0.108 e. The first kappa shape index (κ1) is 23.6. The molecule has 0 radical (unpaired) electrons. The van der Waals surface area contributed by atoms with E-state index in [1.165, 1.54) is 82.5 Å². The van der Waals surface area contributed by atoms with Gasteiger partial charge >= 0.3 is 0 Å². The van der Waals surface area contributed by atoms with Crippen molar-refractivity contribution >= 4 is 54.7 Å². The highest BCUT2D eigenvalue weighted by Crippen LogP contribution is 2.58. The number of aryl methyl sites for hydroxylation is 3. The van der Waals surface area contributed by atoms with E-state index in [0.29, 0.717) is 0 Å². The van der Waals surface area contributed by atoms with Gasteiger partial charge in [0.05, 0.1) is 22.4 Å². The maximum atomic E-state index is 2.67. The fourth-order valence-corrected chi connectivity index (χ4v) is 7.74. The van der Waals surface area contributed by atoms with Crippen LogP contribution in [0, 0.1) is 20.8 Å². The molecular formula is C38H34N2. The van der Waals surface area contributed by atoms with Crippen molar-refractivity contribution in [2.75, 3.05) is 4.90 Å². The molecule has 0 N–H and O–H groups in total. The molecule has 3 heterocycles. The fraction of sp³-hybridized carbons (Fsp3) is 0.211. The summed E-state index contributed by atoms with van der Waals surface area (Å²) >= 11 is 0. The molecule has 2 aliphatic rings. The van der Waals surface area contributed by atoms with Crippen LogP contribution in [0.3, 0.4) is 0 Å². The number of benzene rings is 5. The van der Waals surface area contributed by atoms with Crippen LogP contribution in [0.4, 0.5) is 11.4 Å². The van der Waals surface area contributed by atoms with Crippen LogP contribution in [0.15, 0.2) is 91.0 Å². The van der Waals surface area contributed by atoms with Crippen LogP contribution in [-0.4, -0.2) is 4.57 Å². The van der Waals surface area contributed by atoms with Gasteiger partial charge in [0.25, 0.3) is 0 Å². The molecule has 5 aromatic carbocycles. The van der Waals surface area contributed by atoms with E-state index in [4.69, 9.17) is 0 Å². The van der Waals surface area contributed by atoms with Crippen molar-refractivity contribution in [1.82, 2.24) is 4.57 Å². The SMILES string of the molecule is Cc1cccc2c1N1c3c(ccc4c5ccccc5c5ccccc5c5ccc(C)c(C)c5n(c34)[C@@H]1C)C2(C)C. The third-order valence-electron chi connectivity index (χ3n) is 9.87. The normalized spacial score (nSPS) is 16.6. The minimum Gasteiger partial charge on any atom is -0.318 e. The number of anilines is 2. The number of nitrogens with zero attached hydrogens (tertiary/aromatic N) is 2. The van der Waals surface area contributed by atoms with E-state index in [0.717, 1.165) is 0 Å². The topological polar surface area (TPSA) is 8.17 Å². The lowest BCUT2D eigenvalue weighted by Gasteiger charge is -2.42. The predicted molar refractivity (Wildman–Crippen MR) is 172 cm³/mol. The van der Waals surface area contributed by atoms with Gasteiger partial charge in [0.2, 0.25) is 0 Å². The first-order chi connectivity index (χ1) is 19.3. The quantitative estimate of drug-likeness (QED) is 0.194. The molecule has 0 fully saturated rings. The molecule has 196 valence electrons. The second-order valence-corrected chi connectivity index (χ2v) is 12.3. The van der Waals surface area contributed by atoms with E-state index in [9.17, 15) is 0 Å². The summed E-state index contributed by atoms with van der Waals surface area (Å²) in [5, 5.41) is 7.77. The van der Waals surface area contributed by atoms with E-state index < -0.39 is 0 Å². The zero-order valence-electron chi connectivity index (χ0n) is 24.1. The molecule has 0 spiro atoms. The van der Waals surface area contributed by atoms with E-state index in [1.54, 1.807) is 0 Å². The monoisotopic (exact) mass is 518 g/mol. The van der Waals surface area contributed by atoms with Gasteiger partial charge in [-0.1, -0.05) is 105 Å². The maximum absolute atomic E-state index is 2.67. The predicted octanol–water partition coefficient (Wildman–Crippen LogP) is 10.5. The van der Waals surface area contributed by atoms with Crippen molar-refractivity contribution in [1.29, 1.82) is 0 Å². The summed E-state index contributed by atoms with van der Waals surface area (Å²) < 4.78 is 2.67. The number of hydrogen-bond acceptors (Lipinski definition) is 1. The van der Waals surface area contributed by atoms with E-state index in [2.05, 4.69) is 142 Å². The molecule has 2 nitrogen and oxygen atoms in total. The lowest BCUT2D eigenvalue weighted by atomic mass is 9.72. The second-order valence-electron chi connectivity index (χ2n) is 12.3. The number of fused-ring (bicyclic) bond motifs is 9. The third kappa shape index (κ3) is 2.79. The Morgan fingerprint density at radius 1 is 0.525 bits per heavy atom. The molecule has 1 atom stereocenters. The Kier molecular flexibility index (Phi) is 4.65. The largest absolute Gasteiger partial charge is 0.318 e. The summed E-state index contributed by atoms with van der Waals surface area (Å²) in [4.78, 5) is 2.64. The third-order valence-corrected chi connectivity index (χ3v) is 9.87. The standard InChI is InChI=1S/C38H34N2/c1-22-18-19-30-28-15-9-7-13-26(28)27-14-8-10-16-29(27)31-20-21-33-37-36(31)40(35(30)24(22)3)25(4)39(37)34-23(2)12-11-17-32(34)38(33,5)6/h7-21,25H,1-6H3/t25-/m1/s1. The van der Waals surface area contributed by atoms with E-state index in [1.807, 2.05) is 0 Å². The van der Waals surface area contributed by atoms with Gasteiger partial charge in [0.15, 0.2) is 0 Å². The Labute approximate surface area is 235 Å². The molecule has 0 bridgehead atoms. The lowest BCUT2D eigenvalue weighted by molar-refractivity contribution is 0.577. The Morgan fingerprint density at radius 2 is 1.07 bits per heavy atom. The molecule has 1 aromatic heterocycles. The molecule has 2 heteroatoms. The minimum absolute atomic E-state index is 0.108. The Morgan fingerprint density at radius 3 is 1.73 bits per heavy atom. The summed E-state index contributed by atoms with van der Waals surface area (Å²) in [6.45, 7) is 14.0. The molecule has 2 aliphatic heterocycles. The van der Waals surface area contributed by atoms with Crippen molar-refractivity contribution in [2.24, 2.45) is 0 Å². The summed E-state index contributed by atoms with van der Waals surface area (Å²) in [6, 6.07) is 34.3. The molecule has 8 rings (SSSR count). The number of hydrogen-bond donors (Lipinski definition) is 0. The van der Waals surface area contributed by atoms with Crippen LogP contribution in [0.5, 0.6) is 0 Å². The summed E-state index contributed by atoms with van der Waals surface area (Å²) in [5.41, 5.74) is 12.1. The summed E-state index contributed by atoms with van der Waals surface area (Å²) in [7, 11) is 0. The molecule has 0 aliphatic carbocycles. The van der Waals surface area contributed by atoms with Crippen molar-refractivity contribution in [3.05, 3.63) is 119 Å². The van der Waals surface area contributed by atoms with Crippen LogP contribution in [0.1, 0.15) is 54.8 Å². The number of rotatable bonds is 0. The molecule has 0 saturated carbocycles. The van der Waals surface area contributed by atoms with Gasteiger partial charge in [-0.15, -0.1) is 0 Å². The van der Waals surface area contributed by atoms with Crippen molar-refractivity contribution in [3.63, 3.8) is 0 Å². The number of aromatic nitrogens is 1. The zero-order valence-corrected chi connectivity index (χ0v) is 24.1. The van der Waals surface area contributed by atoms with Crippen LogP contribution in [-0.2, 0) is 5.41 Å². The number of para-hydroxylation sites is 1. The molecule has 40 heavy (non-hydrogen) atoms. The maximum Gasteiger partial charge on any atom is 0.108 e. The Balaban J connectivity index is 1.77. The van der Waals surface area contributed by atoms with E-state index in [-0.39, 0.29) is 11.6 Å². The minimum atomic E-state index is -0.108. The first-order valence-corrected chi connectivity index (χ1v) is 14.5. The van der Waals surface area contributed by atoms with Gasteiger partial charge in [0, 0.05) is 16.2 Å². The summed E-state index contributed by atoms with van der Waals surface area (Å²) in [6.07, 6.45) is 0.113. The average molecular weight is 519 g/mol. The highest BCUT2D eigenvalue weighted by molar-refractivity contribution is 6.21. The van der Waals surface area contributed by atoms with Gasteiger partial charge < -0.3 is 9.47 Å². The van der Waals surface area contributed by atoms with Crippen molar-refractivity contribution in [3.8, 4) is 0 Å². The van der Waals surface area contributed by atoms with Crippen molar-refractivity contribution in [2.45, 2.75) is 53.1 Å². The van der Waals surface area contributed by atoms with Gasteiger partial charge in [-0.05, 0) is 77.1 Å². The van der Waals surface area contributed by atoms with Gasteiger partial charge in [-0.2, -0.15) is 0 Å². The molecule has 0 unspecified atom stereocenters. The second kappa shape index (κ2) is 7.88. The highest BCUT2D eigenvalue weighted by atomic mass is 15.4. The van der Waals surface area contributed by atoms with Gasteiger partial charge in [-0.25, -0.2) is 0 Å². The van der Waals surface area contributed by atoms with Crippen LogP contribution >= 0.6 is 0 Å². The molecule has 0 saturated heterocycles.